The van der Waals surface area contributed by atoms with E-state index in [1.807, 2.05) is 55.5 Å². The molecule has 3 heteroatoms. The second-order valence-corrected chi connectivity index (χ2v) is 5.65. The quantitative estimate of drug-likeness (QED) is 0.477. The average molecular weight is 341 g/mol. The number of carbonyl (C=O) groups excluding carboxylic acids is 1. The molecule has 0 heterocycles. The highest BCUT2D eigenvalue weighted by atomic mass is 79.9. The third-order valence-electron chi connectivity index (χ3n) is 3.28. The Balaban J connectivity index is 1.95. The lowest BCUT2D eigenvalue weighted by Crippen LogP contribution is -2.09. The second-order valence-electron chi connectivity index (χ2n) is 4.86. The molecular formula is C18H13BrO2. The number of aryl methyl sites for hydroxylation is 1. The minimum atomic E-state index is -0.352. The van der Waals surface area contributed by atoms with E-state index in [0.717, 1.165) is 20.8 Å². The molecule has 0 radical (unpaired) electrons. The van der Waals surface area contributed by atoms with Crippen molar-refractivity contribution in [3.8, 4) is 5.75 Å². The number of carbonyl (C=O) groups is 1. The predicted octanol–water partition coefficient (Wildman–Crippen LogP) is 5.13. The van der Waals surface area contributed by atoms with Crippen LogP contribution in [0.15, 0.2) is 65.1 Å². The summed E-state index contributed by atoms with van der Waals surface area (Å²) in [6.45, 7) is 1.95. The predicted molar refractivity (Wildman–Crippen MR) is 87.8 cm³/mol. The largest absolute Gasteiger partial charge is 0.422 e. The number of benzene rings is 3. The van der Waals surface area contributed by atoms with E-state index in [1.54, 1.807) is 12.1 Å². The summed E-state index contributed by atoms with van der Waals surface area (Å²) < 4.78 is 6.30. The van der Waals surface area contributed by atoms with Gasteiger partial charge >= 0.3 is 5.97 Å². The van der Waals surface area contributed by atoms with Crippen LogP contribution < -0.4 is 4.74 Å². The Morgan fingerprint density at radius 1 is 1.00 bits per heavy atom. The highest BCUT2D eigenvalue weighted by Gasteiger charge is 2.12. The van der Waals surface area contributed by atoms with Crippen LogP contribution in [0.3, 0.4) is 0 Å². The highest BCUT2D eigenvalue weighted by molar-refractivity contribution is 9.10. The van der Waals surface area contributed by atoms with Crippen molar-refractivity contribution in [1.82, 2.24) is 0 Å². The van der Waals surface area contributed by atoms with Crippen LogP contribution in [0.4, 0.5) is 0 Å². The maximum atomic E-state index is 12.2. The van der Waals surface area contributed by atoms with Gasteiger partial charge in [0, 0.05) is 0 Å². The zero-order valence-corrected chi connectivity index (χ0v) is 13.1. The van der Waals surface area contributed by atoms with Crippen LogP contribution in [0.2, 0.25) is 0 Å². The van der Waals surface area contributed by atoms with Crippen LogP contribution in [-0.2, 0) is 0 Å². The first-order valence-corrected chi connectivity index (χ1v) is 7.40. The molecule has 2 nitrogen and oxygen atoms in total. The molecule has 0 aliphatic heterocycles. The van der Waals surface area contributed by atoms with E-state index in [1.165, 1.54) is 0 Å². The summed E-state index contributed by atoms with van der Waals surface area (Å²) >= 11 is 3.52. The summed E-state index contributed by atoms with van der Waals surface area (Å²) in [6.07, 6.45) is 0. The first-order valence-electron chi connectivity index (χ1n) is 6.61. The van der Waals surface area contributed by atoms with Gasteiger partial charge in [-0.15, -0.1) is 0 Å². The number of hydrogen-bond acceptors (Lipinski definition) is 2. The molecule has 0 saturated heterocycles. The maximum Gasteiger partial charge on any atom is 0.343 e. The van der Waals surface area contributed by atoms with Crippen LogP contribution in [0.5, 0.6) is 5.75 Å². The molecule has 0 bridgehead atoms. The van der Waals surface area contributed by atoms with E-state index in [2.05, 4.69) is 15.9 Å². The van der Waals surface area contributed by atoms with E-state index in [0.29, 0.717) is 11.3 Å². The van der Waals surface area contributed by atoms with Crippen LogP contribution in [0.25, 0.3) is 10.8 Å². The molecule has 0 fully saturated rings. The van der Waals surface area contributed by atoms with E-state index in [4.69, 9.17) is 4.74 Å². The topological polar surface area (TPSA) is 26.3 Å². The summed E-state index contributed by atoms with van der Waals surface area (Å²) in [7, 11) is 0. The van der Waals surface area contributed by atoms with Crippen molar-refractivity contribution < 1.29 is 9.53 Å². The van der Waals surface area contributed by atoms with E-state index in [9.17, 15) is 4.79 Å². The normalized spacial score (nSPS) is 10.6. The van der Waals surface area contributed by atoms with Gasteiger partial charge in [0.15, 0.2) is 0 Å². The van der Waals surface area contributed by atoms with E-state index in [-0.39, 0.29) is 5.97 Å². The molecule has 0 saturated carbocycles. The molecule has 0 aliphatic rings. The number of fused-ring (bicyclic) bond motifs is 1. The smallest absolute Gasteiger partial charge is 0.343 e. The molecule has 0 spiro atoms. The molecule has 3 rings (SSSR count). The Morgan fingerprint density at radius 2 is 1.81 bits per heavy atom. The molecule has 0 N–H and O–H groups in total. The van der Waals surface area contributed by atoms with Gasteiger partial charge in [-0.05, 0) is 51.8 Å². The van der Waals surface area contributed by atoms with Crippen molar-refractivity contribution in [2.45, 2.75) is 6.92 Å². The molecule has 3 aromatic carbocycles. The fourth-order valence-electron chi connectivity index (χ4n) is 2.22. The zero-order chi connectivity index (χ0) is 14.8. The SMILES string of the molecule is Cc1cccc(C(=O)Oc2ccc3ccccc3c2Br)c1. The van der Waals surface area contributed by atoms with Crippen molar-refractivity contribution in [1.29, 1.82) is 0 Å². The number of halogens is 1. The standard InChI is InChI=1S/C18H13BrO2/c1-12-5-4-7-14(11-12)18(20)21-16-10-9-13-6-2-3-8-15(13)17(16)19/h2-11H,1H3. The lowest BCUT2D eigenvalue weighted by atomic mass is 10.1. The van der Waals surface area contributed by atoms with Crippen molar-refractivity contribution in [2.75, 3.05) is 0 Å². The molecular weight excluding hydrogens is 328 g/mol. The van der Waals surface area contributed by atoms with Gasteiger partial charge < -0.3 is 4.74 Å². The van der Waals surface area contributed by atoms with Gasteiger partial charge in [-0.1, -0.05) is 48.0 Å². The summed E-state index contributed by atoms with van der Waals surface area (Å²) in [5.74, 6) is 0.176. The highest BCUT2D eigenvalue weighted by Crippen LogP contribution is 2.33. The second kappa shape index (κ2) is 5.70. The Labute approximate surface area is 131 Å². The van der Waals surface area contributed by atoms with Crippen LogP contribution >= 0.6 is 15.9 Å². The van der Waals surface area contributed by atoms with Crippen LogP contribution in [-0.4, -0.2) is 5.97 Å². The minimum Gasteiger partial charge on any atom is -0.422 e. The van der Waals surface area contributed by atoms with Gasteiger partial charge in [-0.2, -0.15) is 0 Å². The Bertz CT molecular complexity index is 824. The van der Waals surface area contributed by atoms with Crippen molar-refractivity contribution in [3.05, 3.63) is 76.3 Å². The lowest BCUT2D eigenvalue weighted by Gasteiger charge is -2.09. The Hall–Kier alpha value is -2.13. The molecule has 0 aliphatic carbocycles. The molecule has 104 valence electrons. The summed E-state index contributed by atoms with van der Waals surface area (Å²) in [4.78, 5) is 12.2. The Morgan fingerprint density at radius 3 is 2.62 bits per heavy atom. The number of rotatable bonds is 2. The molecule has 0 aromatic heterocycles. The third-order valence-corrected chi connectivity index (χ3v) is 4.10. The minimum absolute atomic E-state index is 0.352. The molecule has 21 heavy (non-hydrogen) atoms. The summed E-state index contributed by atoms with van der Waals surface area (Å²) in [6, 6.07) is 19.1. The average Bonchev–Trinajstić information content (AvgIpc) is 2.50. The van der Waals surface area contributed by atoms with Crippen LogP contribution in [0, 0.1) is 6.92 Å². The fourth-order valence-corrected chi connectivity index (χ4v) is 2.80. The van der Waals surface area contributed by atoms with Gasteiger partial charge in [0.1, 0.15) is 5.75 Å². The van der Waals surface area contributed by atoms with Gasteiger partial charge in [0.25, 0.3) is 0 Å². The fraction of sp³-hybridized carbons (Fsp3) is 0.0556. The molecule has 0 atom stereocenters. The third kappa shape index (κ3) is 2.83. The van der Waals surface area contributed by atoms with Crippen molar-refractivity contribution in [2.24, 2.45) is 0 Å². The maximum absolute atomic E-state index is 12.2. The Kier molecular flexibility index (Phi) is 3.76. The lowest BCUT2D eigenvalue weighted by molar-refractivity contribution is 0.0734. The molecule has 0 unspecified atom stereocenters. The van der Waals surface area contributed by atoms with Gasteiger partial charge in [0.2, 0.25) is 0 Å². The molecule has 3 aromatic rings. The van der Waals surface area contributed by atoms with E-state index < -0.39 is 0 Å². The monoisotopic (exact) mass is 340 g/mol. The van der Waals surface area contributed by atoms with Gasteiger partial charge in [-0.3, -0.25) is 0 Å². The molecule has 0 amide bonds. The number of esters is 1. The van der Waals surface area contributed by atoms with Crippen LogP contribution in [0.1, 0.15) is 15.9 Å². The van der Waals surface area contributed by atoms with Crippen molar-refractivity contribution >= 4 is 32.7 Å². The van der Waals surface area contributed by atoms with Gasteiger partial charge in [0.05, 0.1) is 10.0 Å². The number of hydrogen-bond donors (Lipinski definition) is 0. The van der Waals surface area contributed by atoms with E-state index >= 15 is 0 Å². The zero-order valence-electron chi connectivity index (χ0n) is 11.5. The number of ether oxygens (including phenoxy) is 1. The first kappa shape index (κ1) is 13.8. The van der Waals surface area contributed by atoms with Gasteiger partial charge in [-0.25, -0.2) is 4.79 Å². The first-order chi connectivity index (χ1) is 10.1. The van der Waals surface area contributed by atoms with Crippen molar-refractivity contribution in [3.63, 3.8) is 0 Å². The summed E-state index contributed by atoms with van der Waals surface area (Å²) in [5, 5.41) is 2.12. The summed E-state index contributed by atoms with van der Waals surface area (Å²) in [5.41, 5.74) is 1.58.